The molecule has 0 aromatic carbocycles. The van der Waals surface area contributed by atoms with Crippen LogP contribution in [-0.4, -0.2) is 23.2 Å². The minimum atomic E-state index is -5.85. The number of carboxylic acid groups (broad SMARTS) is 1. The summed E-state index contributed by atoms with van der Waals surface area (Å²) in [5, 5.41) is 8.16. The first kappa shape index (κ1) is 12.1. The molecule has 7 heteroatoms. The third kappa shape index (κ3) is 1.73. The molecule has 0 amide bonds. The lowest BCUT2D eigenvalue weighted by Crippen LogP contribution is -2.52. The monoisotopic (exact) mass is 206 g/mol. The topological polar surface area (TPSA) is 37.3 Å². The lowest BCUT2D eigenvalue weighted by Gasteiger charge is -2.31. The summed E-state index contributed by atoms with van der Waals surface area (Å²) >= 11 is 0. The van der Waals surface area contributed by atoms with Crippen molar-refractivity contribution in [3.05, 3.63) is 0 Å². The number of carbonyl (C=O) groups is 1. The third-order valence-electron chi connectivity index (χ3n) is 1.68. The van der Waals surface area contributed by atoms with Crippen LogP contribution in [0.1, 0.15) is 13.8 Å². The molecule has 0 aromatic rings. The van der Waals surface area contributed by atoms with E-state index >= 15 is 0 Å². The maximum absolute atomic E-state index is 12.5. The quantitative estimate of drug-likeness (QED) is 0.704. The number of hydrogen-bond donors (Lipinski definition) is 1. The standard InChI is InChI=1S/C6H7F5O2/c1-4(2,3(12)13)5(7,8)6(9,10)11/h1-2H3,(H,12,13). The molecule has 0 aromatic heterocycles. The van der Waals surface area contributed by atoms with Gasteiger partial charge in [0.25, 0.3) is 0 Å². The van der Waals surface area contributed by atoms with Crippen molar-refractivity contribution in [2.24, 2.45) is 5.41 Å². The molecule has 0 aliphatic rings. The minimum Gasteiger partial charge on any atom is -0.481 e. The van der Waals surface area contributed by atoms with Crippen LogP contribution in [0.5, 0.6) is 0 Å². The van der Waals surface area contributed by atoms with Crippen LogP contribution in [0, 0.1) is 5.41 Å². The zero-order valence-electron chi connectivity index (χ0n) is 6.75. The lowest BCUT2D eigenvalue weighted by atomic mass is 9.85. The summed E-state index contributed by atoms with van der Waals surface area (Å²) in [6.07, 6.45) is -5.85. The lowest BCUT2D eigenvalue weighted by molar-refractivity contribution is -0.317. The minimum absolute atomic E-state index is 0.322. The number of aliphatic carboxylic acids is 1. The molecule has 13 heavy (non-hydrogen) atoms. The zero-order chi connectivity index (χ0) is 11.1. The first-order chi connectivity index (χ1) is 5.44. The molecule has 0 heterocycles. The van der Waals surface area contributed by atoms with Gasteiger partial charge in [-0.05, 0) is 13.8 Å². The van der Waals surface area contributed by atoms with Gasteiger partial charge in [-0.1, -0.05) is 0 Å². The predicted molar refractivity (Wildman–Crippen MR) is 32.4 cm³/mol. The van der Waals surface area contributed by atoms with Crippen molar-refractivity contribution < 1.29 is 31.9 Å². The molecule has 0 fully saturated rings. The molecule has 0 bridgehead atoms. The molecule has 0 atom stereocenters. The molecule has 0 rings (SSSR count). The average Bonchev–Trinajstić information content (AvgIpc) is 1.84. The number of rotatable bonds is 2. The van der Waals surface area contributed by atoms with E-state index in [2.05, 4.69) is 0 Å². The maximum Gasteiger partial charge on any atom is 0.454 e. The number of halogens is 5. The van der Waals surface area contributed by atoms with Gasteiger partial charge in [0.05, 0.1) is 0 Å². The van der Waals surface area contributed by atoms with Crippen molar-refractivity contribution in [2.75, 3.05) is 0 Å². The Morgan fingerprint density at radius 2 is 1.38 bits per heavy atom. The van der Waals surface area contributed by atoms with Gasteiger partial charge >= 0.3 is 18.1 Å². The second-order valence-electron chi connectivity index (χ2n) is 3.00. The highest BCUT2D eigenvalue weighted by Crippen LogP contribution is 2.47. The summed E-state index contributed by atoms with van der Waals surface area (Å²) in [5.41, 5.74) is -3.16. The Bertz CT molecular complexity index is 218. The van der Waals surface area contributed by atoms with Crippen LogP contribution in [0.3, 0.4) is 0 Å². The van der Waals surface area contributed by atoms with Crippen LogP contribution in [0.15, 0.2) is 0 Å². The van der Waals surface area contributed by atoms with E-state index in [1.165, 1.54) is 0 Å². The van der Waals surface area contributed by atoms with Crippen LogP contribution in [-0.2, 0) is 4.79 Å². The van der Waals surface area contributed by atoms with Crippen molar-refractivity contribution >= 4 is 5.97 Å². The van der Waals surface area contributed by atoms with Crippen LogP contribution in [0.4, 0.5) is 22.0 Å². The van der Waals surface area contributed by atoms with Gasteiger partial charge in [-0.15, -0.1) is 0 Å². The zero-order valence-corrected chi connectivity index (χ0v) is 6.75. The molecule has 2 nitrogen and oxygen atoms in total. The van der Waals surface area contributed by atoms with Crippen molar-refractivity contribution in [1.82, 2.24) is 0 Å². The highest BCUT2D eigenvalue weighted by Gasteiger charge is 2.69. The molecular formula is C6H7F5O2. The molecule has 78 valence electrons. The van der Waals surface area contributed by atoms with Crippen molar-refractivity contribution in [2.45, 2.75) is 25.9 Å². The Morgan fingerprint density at radius 3 is 1.46 bits per heavy atom. The van der Waals surface area contributed by atoms with E-state index in [0.717, 1.165) is 0 Å². The maximum atomic E-state index is 12.5. The largest absolute Gasteiger partial charge is 0.481 e. The molecule has 0 aliphatic carbocycles. The van der Waals surface area contributed by atoms with E-state index < -0.39 is 23.5 Å². The summed E-state index contributed by atoms with van der Waals surface area (Å²) in [6, 6.07) is 0. The average molecular weight is 206 g/mol. The van der Waals surface area contributed by atoms with Crippen molar-refractivity contribution in [3.8, 4) is 0 Å². The fourth-order valence-corrected chi connectivity index (χ4v) is 0.489. The second kappa shape index (κ2) is 2.81. The normalized spacial score (nSPS) is 14.4. The Balaban J connectivity index is 5.16. The Morgan fingerprint density at radius 1 is 1.08 bits per heavy atom. The Labute approximate surface area is 70.3 Å². The van der Waals surface area contributed by atoms with Crippen LogP contribution in [0.2, 0.25) is 0 Å². The molecule has 0 unspecified atom stereocenters. The SMILES string of the molecule is CC(C)(C(=O)O)C(F)(F)C(F)(F)F. The second-order valence-corrected chi connectivity index (χ2v) is 3.00. The molecule has 0 spiro atoms. The molecule has 0 saturated heterocycles. The fraction of sp³-hybridized carbons (Fsp3) is 0.833. The van der Waals surface area contributed by atoms with Gasteiger partial charge in [-0.25, -0.2) is 0 Å². The van der Waals surface area contributed by atoms with Gasteiger partial charge in [0.2, 0.25) is 0 Å². The molecular weight excluding hydrogens is 199 g/mol. The summed E-state index contributed by atoms with van der Waals surface area (Å²) < 4.78 is 59.9. The van der Waals surface area contributed by atoms with E-state index in [-0.39, 0.29) is 0 Å². The van der Waals surface area contributed by atoms with E-state index in [9.17, 15) is 26.7 Å². The summed E-state index contributed by atoms with van der Waals surface area (Å²) in [7, 11) is 0. The van der Waals surface area contributed by atoms with E-state index in [4.69, 9.17) is 5.11 Å². The first-order valence-corrected chi connectivity index (χ1v) is 3.12. The van der Waals surface area contributed by atoms with Crippen molar-refractivity contribution in [3.63, 3.8) is 0 Å². The summed E-state index contributed by atoms with van der Waals surface area (Å²) in [5.74, 6) is -7.44. The van der Waals surface area contributed by atoms with E-state index in [1.54, 1.807) is 0 Å². The predicted octanol–water partition coefficient (Wildman–Crippen LogP) is 2.29. The Kier molecular flexibility index (Phi) is 2.62. The van der Waals surface area contributed by atoms with Crippen molar-refractivity contribution in [1.29, 1.82) is 0 Å². The fourth-order valence-electron chi connectivity index (χ4n) is 0.489. The van der Waals surface area contributed by atoms with Gasteiger partial charge in [0, 0.05) is 0 Å². The molecule has 0 aliphatic heterocycles. The van der Waals surface area contributed by atoms with Gasteiger partial charge in [0.15, 0.2) is 0 Å². The third-order valence-corrected chi connectivity index (χ3v) is 1.68. The van der Waals surface area contributed by atoms with Crippen LogP contribution >= 0.6 is 0 Å². The highest BCUT2D eigenvalue weighted by molar-refractivity contribution is 5.75. The summed E-state index contributed by atoms with van der Waals surface area (Å²) in [6.45, 7) is 0.644. The first-order valence-electron chi connectivity index (χ1n) is 3.12. The van der Waals surface area contributed by atoms with Gasteiger partial charge in [-0.2, -0.15) is 22.0 Å². The Hall–Kier alpha value is -0.880. The number of hydrogen-bond acceptors (Lipinski definition) is 1. The molecule has 0 radical (unpaired) electrons. The summed E-state index contributed by atoms with van der Waals surface area (Å²) in [4.78, 5) is 10.1. The highest BCUT2D eigenvalue weighted by atomic mass is 19.4. The number of carboxylic acids is 1. The smallest absolute Gasteiger partial charge is 0.454 e. The van der Waals surface area contributed by atoms with Crippen LogP contribution < -0.4 is 0 Å². The molecule has 1 N–H and O–H groups in total. The van der Waals surface area contributed by atoms with E-state index in [1.807, 2.05) is 0 Å². The molecule has 0 saturated carbocycles. The van der Waals surface area contributed by atoms with Gasteiger partial charge in [-0.3, -0.25) is 4.79 Å². The number of alkyl halides is 5. The van der Waals surface area contributed by atoms with Gasteiger partial charge < -0.3 is 5.11 Å². The van der Waals surface area contributed by atoms with Gasteiger partial charge in [0.1, 0.15) is 5.41 Å². The van der Waals surface area contributed by atoms with Crippen LogP contribution in [0.25, 0.3) is 0 Å². The van der Waals surface area contributed by atoms with E-state index in [0.29, 0.717) is 13.8 Å².